The normalized spacial score (nSPS) is 32.8. The number of hydrogen-bond acceptors (Lipinski definition) is 1. The van der Waals surface area contributed by atoms with E-state index >= 15 is 0 Å². The van der Waals surface area contributed by atoms with Crippen molar-refractivity contribution in [3.63, 3.8) is 0 Å². The van der Waals surface area contributed by atoms with E-state index in [0.29, 0.717) is 18.1 Å². The topological polar surface area (TPSA) is 9.23 Å². The Kier molecular flexibility index (Phi) is 6.51. The van der Waals surface area contributed by atoms with E-state index in [1.54, 1.807) is 6.07 Å². The summed E-state index contributed by atoms with van der Waals surface area (Å²) in [4.78, 5) is 0. The quantitative estimate of drug-likeness (QED) is 0.481. The zero-order valence-electron chi connectivity index (χ0n) is 18.3. The van der Waals surface area contributed by atoms with Gasteiger partial charge in [0.1, 0.15) is 5.75 Å². The number of ether oxygens (including phenoxy) is 1. The van der Waals surface area contributed by atoms with Crippen LogP contribution in [0.5, 0.6) is 5.75 Å². The molecule has 0 amide bonds. The largest absolute Gasteiger partial charge is 0.432 e. The second-order valence-corrected chi connectivity index (χ2v) is 10.2. The maximum absolute atomic E-state index is 13.4. The van der Waals surface area contributed by atoms with E-state index in [4.69, 9.17) is 4.74 Å². The third kappa shape index (κ3) is 4.97. The zero-order chi connectivity index (χ0) is 20.4. The Balaban J connectivity index is 1.28. The fourth-order valence-electron chi connectivity index (χ4n) is 6.44. The van der Waals surface area contributed by atoms with E-state index in [1.807, 2.05) is 6.07 Å². The highest BCUT2D eigenvalue weighted by atomic mass is 19.3. The fourth-order valence-corrected chi connectivity index (χ4v) is 6.44. The van der Waals surface area contributed by atoms with Gasteiger partial charge in [0, 0.05) is 0 Å². The summed E-state index contributed by atoms with van der Waals surface area (Å²) in [6.45, 7) is 4.77. The molecule has 0 saturated heterocycles. The van der Waals surface area contributed by atoms with Gasteiger partial charge in [-0.1, -0.05) is 38.8 Å². The predicted molar refractivity (Wildman–Crippen MR) is 115 cm³/mol. The Hall–Kier alpha value is -1.12. The fraction of sp³-hybridized carbons (Fsp3) is 0.769. The molecule has 0 N–H and O–H groups in total. The molecule has 1 aromatic rings. The van der Waals surface area contributed by atoms with Crippen molar-refractivity contribution in [1.29, 1.82) is 0 Å². The van der Waals surface area contributed by atoms with Gasteiger partial charge in [-0.25, -0.2) is 0 Å². The van der Waals surface area contributed by atoms with Crippen molar-refractivity contribution in [2.45, 2.75) is 103 Å². The summed E-state index contributed by atoms with van der Waals surface area (Å²) >= 11 is 0. The zero-order valence-corrected chi connectivity index (χ0v) is 18.3. The molecule has 2 saturated carbocycles. The van der Waals surface area contributed by atoms with E-state index in [0.717, 1.165) is 29.2 Å². The molecular formula is C26H38F2O. The van der Waals surface area contributed by atoms with Crippen LogP contribution in [0.25, 0.3) is 0 Å². The molecule has 29 heavy (non-hydrogen) atoms. The second kappa shape index (κ2) is 8.94. The van der Waals surface area contributed by atoms with Gasteiger partial charge in [0.15, 0.2) is 0 Å². The van der Waals surface area contributed by atoms with Gasteiger partial charge in [-0.15, -0.1) is 0 Å². The molecule has 1 heterocycles. The van der Waals surface area contributed by atoms with Crippen molar-refractivity contribution in [1.82, 2.24) is 0 Å². The minimum atomic E-state index is -3.00. The van der Waals surface area contributed by atoms with Gasteiger partial charge in [0.25, 0.3) is 0 Å². The van der Waals surface area contributed by atoms with Gasteiger partial charge in [-0.2, -0.15) is 8.78 Å². The average Bonchev–Trinajstić information content (AvgIpc) is 2.73. The Morgan fingerprint density at radius 1 is 1.00 bits per heavy atom. The van der Waals surface area contributed by atoms with Crippen molar-refractivity contribution in [3.8, 4) is 5.75 Å². The Morgan fingerprint density at radius 2 is 1.66 bits per heavy atom. The molecule has 1 atom stereocenters. The summed E-state index contributed by atoms with van der Waals surface area (Å²) < 4.78 is 31.8. The lowest BCUT2D eigenvalue weighted by atomic mass is 9.66. The van der Waals surface area contributed by atoms with E-state index in [1.165, 1.54) is 69.8 Å². The molecule has 4 rings (SSSR count). The van der Waals surface area contributed by atoms with Crippen LogP contribution in [-0.2, 0) is 6.42 Å². The minimum Gasteiger partial charge on any atom is -0.432 e. The van der Waals surface area contributed by atoms with Crippen LogP contribution in [0, 0.1) is 23.7 Å². The summed E-state index contributed by atoms with van der Waals surface area (Å²) in [5, 5.41) is 0. The van der Waals surface area contributed by atoms with Crippen molar-refractivity contribution in [3.05, 3.63) is 29.3 Å². The molecule has 0 aromatic heterocycles. The SMILES string of the molecule is CCCC(C)C1CCC(C2CCC(c3ccc4c(c3)CCC(F)(F)O4)CC2)CC1. The molecule has 1 aromatic carbocycles. The Morgan fingerprint density at radius 3 is 2.31 bits per heavy atom. The van der Waals surface area contributed by atoms with Crippen molar-refractivity contribution in [2.75, 3.05) is 0 Å². The molecule has 0 spiro atoms. The monoisotopic (exact) mass is 404 g/mol. The highest BCUT2D eigenvalue weighted by Gasteiger charge is 2.37. The average molecular weight is 405 g/mol. The van der Waals surface area contributed by atoms with Crippen LogP contribution < -0.4 is 4.74 Å². The first kappa shape index (κ1) is 21.1. The van der Waals surface area contributed by atoms with Gasteiger partial charge in [-0.3, -0.25) is 0 Å². The summed E-state index contributed by atoms with van der Waals surface area (Å²) in [6.07, 6.45) is 10.9. The molecule has 1 unspecified atom stereocenters. The molecule has 1 aliphatic heterocycles. The predicted octanol–water partition coefficient (Wildman–Crippen LogP) is 8.12. The van der Waals surface area contributed by atoms with Gasteiger partial charge in [0.2, 0.25) is 0 Å². The van der Waals surface area contributed by atoms with Crippen molar-refractivity contribution < 1.29 is 13.5 Å². The number of aryl methyl sites for hydroxylation is 1. The number of halogens is 2. The Labute approximate surface area is 175 Å². The van der Waals surface area contributed by atoms with Crippen LogP contribution in [0.3, 0.4) is 0 Å². The highest BCUT2D eigenvalue weighted by molar-refractivity contribution is 5.40. The van der Waals surface area contributed by atoms with E-state index in [9.17, 15) is 8.78 Å². The van der Waals surface area contributed by atoms with Gasteiger partial charge in [-0.05, 0) is 105 Å². The Bertz CT molecular complexity index is 669. The van der Waals surface area contributed by atoms with E-state index in [2.05, 4.69) is 19.9 Å². The third-order valence-corrected chi connectivity index (χ3v) is 8.30. The summed E-state index contributed by atoms with van der Waals surface area (Å²) in [5.41, 5.74) is 2.31. The maximum Gasteiger partial charge on any atom is 0.398 e. The summed E-state index contributed by atoms with van der Waals surface area (Å²) in [7, 11) is 0. The molecule has 1 nitrogen and oxygen atoms in total. The maximum atomic E-state index is 13.4. The number of fused-ring (bicyclic) bond motifs is 1. The van der Waals surface area contributed by atoms with E-state index < -0.39 is 6.11 Å². The van der Waals surface area contributed by atoms with Crippen LogP contribution >= 0.6 is 0 Å². The molecule has 3 aliphatic rings. The van der Waals surface area contributed by atoms with Crippen LogP contribution in [0.2, 0.25) is 0 Å². The number of hydrogen-bond donors (Lipinski definition) is 0. The summed E-state index contributed by atoms with van der Waals surface area (Å²) in [5.74, 6) is 4.71. The first-order valence-corrected chi connectivity index (χ1v) is 12.1. The molecule has 0 radical (unpaired) electrons. The van der Waals surface area contributed by atoms with Gasteiger partial charge in [0.05, 0.1) is 6.42 Å². The van der Waals surface area contributed by atoms with Gasteiger partial charge < -0.3 is 4.74 Å². The van der Waals surface area contributed by atoms with Crippen LogP contribution in [-0.4, -0.2) is 6.11 Å². The third-order valence-electron chi connectivity index (χ3n) is 8.30. The standard InChI is InChI=1S/C26H38F2O/c1-3-4-18(2)19-5-7-20(8-6-19)21-9-11-22(12-10-21)23-13-14-25-24(17-23)15-16-26(27,28)29-25/h13-14,17-22H,3-12,15-16H2,1-2H3. The number of alkyl halides is 2. The lowest BCUT2D eigenvalue weighted by molar-refractivity contribution is -0.187. The molecule has 2 fully saturated rings. The molecule has 3 heteroatoms. The second-order valence-electron chi connectivity index (χ2n) is 10.2. The highest BCUT2D eigenvalue weighted by Crippen LogP contribution is 2.46. The first-order valence-electron chi connectivity index (χ1n) is 12.1. The van der Waals surface area contributed by atoms with Crippen molar-refractivity contribution in [2.24, 2.45) is 23.7 Å². The van der Waals surface area contributed by atoms with E-state index in [-0.39, 0.29) is 6.42 Å². The molecule has 162 valence electrons. The van der Waals surface area contributed by atoms with Crippen LogP contribution in [0.15, 0.2) is 18.2 Å². The summed E-state index contributed by atoms with van der Waals surface area (Å²) in [6, 6.07) is 5.96. The molecule has 0 bridgehead atoms. The first-order chi connectivity index (χ1) is 13.9. The van der Waals surface area contributed by atoms with Crippen LogP contribution in [0.4, 0.5) is 8.78 Å². The number of rotatable bonds is 5. The van der Waals surface area contributed by atoms with Gasteiger partial charge >= 0.3 is 6.11 Å². The lowest BCUT2D eigenvalue weighted by Gasteiger charge is -2.39. The smallest absolute Gasteiger partial charge is 0.398 e. The lowest BCUT2D eigenvalue weighted by Crippen LogP contribution is -2.29. The van der Waals surface area contributed by atoms with Crippen LogP contribution in [0.1, 0.15) is 102 Å². The minimum absolute atomic E-state index is 0.199. The number of benzene rings is 1. The molecular weight excluding hydrogens is 366 g/mol. The molecule has 2 aliphatic carbocycles. The van der Waals surface area contributed by atoms with Crippen molar-refractivity contribution >= 4 is 0 Å².